The van der Waals surface area contributed by atoms with Crippen LogP contribution in [0.15, 0.2) is 36.7 Å². The molecule has 2 N–H and O–H groups in total. The molecule has 0 saturated heterocycles. The van der Waals surface area contributed by atoms with E-state index in [2.05, 4.69) is 25.8 Å². The fourth-order valence-corrected chi connectivity index (χ4v) is 1.74. The summed E-state index contributed by atoms with van der Waals surface area (Å²) < 4.78 is 14.4. The van der Waals surface area contributed by atoms with Gasteiger partial charge < -0.3 is 5.32 Å². The number of hydrogen-bond acceptors (Lipinski definition) is 5. The quantitative estimate of drug-likeness (QED) is 0.704. The van der Waals surface area contributed by atoms with Crippen molar-refractivity contribution in [2.75, 3.05) is 10.6 Å². The van der Waals surface area contributed by atoms with E-state index in [1.165, 1.54) is 18.3 Å². The van der Waals surface area contributed by atoms with Crippen molar-refractivity contribution in [2.24, 2.45) is 0 Å². The lowest BCUT2D eigenvalue weighted by atomic mass is 10.3. The molecule has 3 rings (SSSR count). The topological polar surface area (TPSA) is 84.2 Å². The first-order chi connectivity index (χ1) is 9.78. The summed E-state index contributed by atoms with van der Waals surface area (Å²) in [4.78, 5) is 14.6. The van der Waals surface area contributed by atoms with Gasteiger partial charge in [-0.15, -0.1) is 10.2 Å². The predicted molar refractivity (Wildman–Crippen MR) is 70.2 cm³/mol. The van der Waals surface area contributed by atoms with Crippen LogP contribution in [0.1, 0.15) is 0 Å². The number of amides is 1. The van der Waals surface area contributed by atoms with Gasteiger partial charge in [0, 0.05) is 18.1 Å². The molecule has 20 heavy (non-hydrogen) atoms. The molecule has 2 heterocycles. The average Bonchev–Trinajstić information content (AvgIpc) is 2.86. The molecule has 0 bridgehead atoms. The minimum atomic E-state index is -0.318. The minimum Gasteiger partial charge on any atom is -0.337 e. The third-order valence-electron chi connectivity index (χ3n) is 2.62. The highest BCUT2D eigenvalue weighted by atomic mass is 19.1. The number of fused-ring (bicyclic) bond motifs is 1. The number of anilines is 3. The van der Waals surface area contributed by atoms with Gasteiger partial charge >= 0.3 is 0 Å². The molecule has 100 valence electrons. The standard InChI is InChI=1S/C12H9FN6O/c13-8-1-3-9(4-2-8)16-10-11-17-18-12(15-7-20)19(11)6-5-14-10/h1-7H,(H,14,16)(H,15,18,20). The SMILES string of the molecule is O=CNc1nnc2c(Nc3ccc(F)cc3)nccn12. The van der Waals surface area contributed by atoms with Gasteiger partial charge in [0.15, 0.2) is 5.82 Å². The fraction of sp³-hybridized carbons (Fsp3) is 0. The first-order valence-corrected chi connectivity index (χ1v) is 5.70. The molecular weight excluding hydrogens is 263 g/mol. The van der Waals surface area contributed by atoms with Crippen LogP contribution in [-0.2, 0) is 4.79 Å². The van der Waals surface area contributed by atoms with Gasteiger partial charge in [-0.25, -0.2) is 9.37 Å². The Morgan fingerprint density at radius 2 is 2.00 bits per heavy atom. The zero-order chi connectivity index (χ0) is 13.9. The number of carbonyl (C=O) groups is 1. The van der Waals surface area contributed by atoms with Crippen LogP contribution in [-0.4, -0.2) is 26.0 Å². The molecule has 0 radical (unpaired) electrons. The van der Waals surface area contributed by atoms with E-state index in [4.69, 9.17) is 0 Å². The number of hydrogen-bond donors (Lipinski definition) is 2. The Labute approximate surface area is 112 Å². The summed E-state index contributed by atoms with van der Waals surface area (Å²) in [6.07, 6.45) is 3.68. The van der Waals surface area contributed by atoms with Gasteiger partial charge in [0.25, 0.3) is 0 Å². The smallest absolute Gasteiger partial charge is 0.235 e. The summed E-state index contributed by atoms with van der Waals surface area (Å²) in [5.74, 6) is 0.423. The van der Waals surface area contributed by atoms with Crippen LogP contribution in [0, 0.1) is 5.82 Å². The Bertz CT molecular complexity index is 754. The lowest BCUT2D eigenvalue weighted by molar-refractivity contribution is -0.105. The summed E-state index contributed by atoms with van der Waals surface area (Å²) in [5.41, 5.74) is 1.11. The Morgan fingerprint density at radius 1 is 1.20 bits per heavy atom. The van der Waals surface area contributed by atoms with Crippen molar-refractivity contribution in [1.82, 2.24) is 19.6 Å². The molecule has 2 aromatic heterocycles. The van der Waals surface area contributed by atoms with Gasteiger partial charge in [0.1, 0.15) is 5.82 Å². The zero-order valence-electron chi connectivity index (χ0n) is 10.1. The maximum atomic E-state index is 12.9. The maximum Gasteiger partial charge on any atom is 0.235 e. The number of halogens is 1. The van der Waals surface area contributed by atoms with E-state index in [1.807, 2.05) is 0 Å². The lowest BCUT2D eigenvalue weighted by Gasteiger charge is -2.06. The van der Waals surface area contributed by atoms with Crippen molar-refractivity contribution in [3.63, 3.8) is 0 Å². The molecule has 0 aliphatic rings. The van der Waals surface area contributed by atoms with Crippen molar-refractivity contribution in [3.05, 3.63) is 42.5 Å². The van der Waals surface area contributed by atoms with Crippen LogP contribution >= 0.6 is 0 Å². The van der Waals surface area contributed by atoms with Crippen molar-refractivity contribution < 1.29 is 9.18 Å². The Kier molecular flexibility index (Phi) is 2.96. The van der Waals surface area contributed by atoms with E-state index in [-0.39, 0.29) is 5.82 Å². The molecule has 0 unspecified atom stereocenters. The number of rotatable bonds is 4. The van der Waals surface area contributed by atoms with Gasteiger partial charge in [-0.2, -0.15) is 0 Å². The lowest BCUT2D eigenvalue weighted by Crippen LogP contribution is -2.01. The fourth-order valence-electron chi connectivity index (χ4n) is 1.74. The number of nitrogens with one attached hydrogen (secondary N) is 2. The normalized spacial score (nSPS) is 10.4. The monoisotopic (exact) mass is 272 g/mol. The Hall–Kier alpha value is -3.03. The molecule has 0 aliphatic heterocycles. The Balaban J connectivity index is 1.99. The summed E-state index contributed by atoms with van der Waals surface area (Å²) in [6.45, 7) is 0. The summed E-state index contributed by atoms with van der Waals surface area (Å²) in [7, 11) is 0. The Morgan fingerprint density at radius 3 is 2.75 bits per heavy atom. The van der Waals surface area contributed by atoms with Gasteiger partial charge in [-0.3, -0.25) is 14.5 Å². The molecule has 0 atom stereocenters. The largest absolute Gasteiger partial charge is 0.337 e. The molecule has 3 aromatic rings. The first kappa shape index (κ1) is 12.0. The summed E-state index contributed by atoms with van der Waals surface area (Å²) in [5, 5.41) is 13.2. The van der Waals surface area contributed by atoms with Crippen molar-refractivity contribution in [3.8, 4) is 0 Å². The van der Waals surface area contributed by atoms with Crippen LogP contribution in [0.3, 0.4) is 0 Å². The van der Waals surface area contributed by atoms with Crippen LogP contribution in [0.2, 0.25) is 0 Å². The molecular formula is C12H9FN6O. The summed E-state index contributed by atoms with van der Waals surface area (Å²) in [6, 6.07) is 5.85. The highest BCUT2D eigenvalue weighted by Gasteiger charge is 2.09. The van der Waals surface area contributed by atoms with Crippen LogP contribution < -0.4 is 10.6 Å². The van der Waals surface area contributed by atoms with E-state index in [0.29, 0.717) is 29.5 Å². The van der Waals surface area contributed by atoms with Crippen molar-refractivity contribution in [2.45, 2.75) is 0 Å². The van der Waals surface area contributed by atoms with Crippen LogP contribution in [0.4, 0.5) is 21.8 Å². The van der Waals surface area contributed by atoms with Gasteiger partial charge in [-0.05, 0) is 24.3 Å². The van der Waals surface area contributed by atoms with E-state index >= 15 is 0 Å². The molecule has 0 spiro atoms. The number of aromatic nitrogens is 4. The molecule has 7 nitrogen and oxygen atoms in total. The van der Waals surface area contributed by atoms with E-state index in [1.54, 1.807) is 22.7 Å². The van der Waals surface area contributed by atoms with Gasteiger partial charge in [-0.1, -0.05) is 0 Å². The average molecular weight is 272 g/mol. The molecule has 8 heteroatoms. The zero-order valence-corrected chi connectivity index (χ0v) is 10.1. The first-order valence-electron chi connectivity index (χ1n) is 5.70. The predicted octanol–water partition coefficient (Wildman–Crippen LogP) is 1.58. The van der Waals surface area contributed by atoms with Crippen molar-refractivity contribution in [1.29, 1.82) is 0 Å². The van der Waals surface area contributed by atoms with Crippen LogP contribution in [0.5, 0.6) is 0 Å². The molecule has 0 saturated carbocycles. The summed E-state index contributed by atoms with van der Waals surface area (Å²) >= 11 is 0. The molecule has 0 fully saturated rings. The number of nitrogens with zero attached hydrogens (tertiary/aromatic N) is 4. The van der Waals surface area contributed by atoms with Crippen LogP contribution in [0.25, 0.3) is 5.65 Å². The van der Waals surface area contributed by atoms with Crippen molar-refractivity contribution >= 4 is 29.5 Å². The second-order valence-corrected chi connectivity index (χ2v) is 3.89. The third-order valence-corrected chi connectivity index (χ3v) is 2.62. The molecule has 1 aromatic carbocycles. The maximum absolute atomic E-state index is 12.9. The highest BCUT2D eigenvalue weighted by molar-refractivity contribution is 5.73. The second-order valence-electron chi connectivity index (χ2n) is 3.89. The molecule has 1 amide bonds. The molecule has 0 aliphatic carbocycles. The van der Waals surface area contributed by atoms with Gasteiger partial charge in [0.05, 0.1) is 0 Å². The second kappa shape index (κ2) is 4.92. The highest BCUT2D eigenvalue weighted by Crippen LogP contribution is 2.19. The number of carbonyl (C=O) groups excluding carboxylic acids is 1. The van der Waals surface area contributed by atoms with E-state index in [9.17, 15) is 9.18 Å². The minimum absolute atomic E-state index is 0.291. The third kappa shape index (κ3) is 2.14. The number of benzene rings is 1. The van der Waals surface area contributed by atoms with E-state index in [0.717, 1.165) is 0 Å². The van der Waals surface area contributed by atoms with E-state index < -0.39 is 0 Å². The van der Waals surface area contributed by atoms with Gasteiger partial charge in [0.2, 0.25) is 18.0 Å².